The lowest BCUT2D eigenvalue weighted by molar-refractivity contribution is 0.112. The van der Waals surface area contributed by atoms with Crippen LogP contribution in [0.2, 0.25) is 0 Å². The molecule has 0 saturated carbocycles. The normalized spacial score (nSPS) is 10.3. The third kappa shape index (κ3) is 1.68. The first-order chi connectivity index (χ1) is 7.24. The predicted octanol–water partition coefficient (Wildman–Crippen LogP) is 2.36. The van der Waals surface area contributed by atoms with E-state index in [4.69, 9.17) is 4.74 Å². The zero-order chi connectivity index (χ0) is 10.8. The maximum absolute atomic E-state index is 10.8. The van der Waals surface area contributed by atoms with E-state index in [0.29, 0.717) is 11.4 Å². The molecule has 0 aliphatic heterocycles. The quantitative estimate of drug-likeness (QED) is 0.700. The van der Waals surface area contributed by atoms with Crippen molar-refractivity contribution in [3.63, 3.8) is 0 Å². The van der Waals surface area contributed by atoms with Gasteiger partial charge in [0.25, 0.3) is 0 Å². The largest absolute Gasteiger partial charge is 0.480 e. The Morgan fingerprint density at radius 3 is 2.80 bits per heavy atom. The molecule has 1 aromatic heterocycles. The Morgan fingerprint density at radius 1 is 1.33 bits per heavy atom. The van der Waals surface area contributed by atoms with Crippen molar-refractivity contribution in [3.05, 3.63) is 35.4 Å². The molecule has 2 rings (SSSR count). The van der Waals surface area contributed by atoms with Gasteiger partial charge in [0.2, 0.25) is 5.88 Å². The van der Waals surface area contributed by atoms with E-state index in [2.05, 4.69) is 4.98 Å². The number of ether oxygens (including phenoxy) is 1. The molecular weight excluding hydrogens is 190 g/mol. The zero-order valence-electron chi connectivity index (χ0n) is 8.65. The Labute approximate surface area is 87.7 Å². The molecule has 0 atom stereocenters. The Balaban J connectivity index is 2.75. The SMILES string of the molecule is COc1nc2cc(C)ccc2cc1C=O. The highest BCUT2D eigenvalue weighted by Crippen LogP contribution is 2.21. The van der Waals surface area contributed by atoms with Crippen LogP contribution in [0.25, 0.3) is 10.9 Å². The first-order valence-corrected chi connectivity index (χ1v) is 4.65. The smallest absolute Gasteiger partial charge is 0.224 e. The number of carbonyl (C=O) groups excluding carboxylic acids is 1. The number of aromatic nitrogens is 1. The first-order valence-electron chi connectivity index (χ1n) is 4.65. The van der Waals surface area contributed by atoms with E-state index in [1.165, 1.54) is 7.11 Å². The number of hydrogen-bond donors (Lipinski definition) is 0. The lowest BCUT2D eigenvalue weighted by atomic mass is 10.1. The second kappa shape index (κ2) is 3.69. The van der Waals surface area contributed by atoms with Crippen molar-refractivity contribution in [1.82, 2.24) is 4.98 Å². The maximum atomic E-state index is 10.8. The summed E-state index contributed by atoms with van der Waals surface area (Å²) in [5.41, 5.74) is 2.46. The molecule has 1 aromatic carbocycles. The van der Waals surface area contributed by atoms with Crippen LogP contribution < -0.4 is 4.74 Å². The van der Waals surface area contributed by atoms with Gasteiger partial charge in [-0.05, 0) is 24.6 Å². The van der Waals surface area contributed by atoms with Gasteiger partial charge in [-0.15, -0.1) is 0 Å². The Morgan fingerprint density at radius 2 is 2.13 bits per heavy atom. The molecule has 0 saturated heterocycles. The lowest BCUT2D eigenvalue weighted by Gasteiger charge is -2.05. The van der Waals surface area contributed by atoms with Crippen molar-refractivity contribution in [1.29, 1.82) is 0 Å². The zero-order valence-corrected chi connectivity index (χ0v) is 8.65. The summed E-state index contributed by atoms with van der Waals surface area (Å²) in [5, 5.41) is 0.948. The fraction of sp³-hybridized carbons (Fsp3) is 0.167. The summed E-state index contributed by atoms with van der Waals surface area (Å²) in [5.74, 6) is 0.378. The number of benzene rings is 1. The Hall–Kier alpha value is -1.90. The number of aryl methyl sites for hydroxylation is 1. The number of carbonyl (C=O) groups is 1. The molecular formula is C12H11NO2. The van der Waals surface area contributed by atoms with Gasteiger partial charge in [-0.3, -0.25) is 4.79 Å². The van der Waals surface area contributed by atoms with Gasteiger partial charge in [0.05, 0.1) is 18.2 Å². The Kier molecular flexibility index (Phi) is 2.37. The van der Waals surface area contributed by atoms with Crippen molar-refractivity contribution < 1.29 is 9.53 Å². The highest BCUT2D eigenvalue weighted by atomic mass is 16.5. The topological polar surface area (TPSA) is 39.2 Å². The molecule has 3 nitrogen and oxygen atoms in total. The van der Waals surface area contributed by atoms with Gasteiger partial charge in [-0.25, -0.2) is 4.98 Å². The van der Waals surface area contributed by atoms with Crippen molar-refractivity contribution in [2.45, 2.75) is 6.92 Å². The fourth-order valence-corrected chi connectivity index (χ4v) is 1.52. The molecule has 0 bridgehead atoms. The summed E-state index contributed by atoms with van der Waals surface area (Å²) in [6, 6.07) is 7.69. The van der Waals surface area contributed by atoms with Crippen molar-refractivity contribution in [2.75, 3.05) is 7.11 Å². The minimum Gasteiger partial charge on any atom is -0.480 e. The molecule has 3 heteroatoms. The molecule has 0 N–H and O–H groups in total. The van der Waals surface area contributed by atoms with Crippen LogP contribution >= 0.6 is 0 Å². The van der Waals surface area contributed by atoms with Crippen LogP contribution in [0.1, 0.15) is 15.9 Å². The molecule has 0 amide bonds. The van der Waals surface area contributed by atoms with E-state index in [1.807, 2.05) is 25.1 Å². The third-order valence-corrected chi connectivity index (χ3v) is 2.29. The summed E-state index contributed by atoms with van der Waals surface area (Å²) < 4.78 is 5.04. The number of nitrogens with zero attached hydrogens (tertiary/aromatic N) is 1. The molecule has 0 radical (unpaired) electrons. The monoisotopic (exact) mass is 201 g/mol. The van der Waals surface area contributed by atoms with Gasteiger partial charge >= 0.3 is 0 Å². The molecule has 0 aliphatic rings. The summed E-state index contributed by atoms with van der Waals surface area (Å²) in [4.78, 5) is 15.0. The van der Waals surface area contributed by atoms with Crippen LogP contribution in [0, 0.1) is 6.92 Å². The number of rotatable bonds is 2. The van der Waals surface area contributed by atoms with E-state index < -0.39 is 0 Å². The van der Waals surface area contributed by atoms with Crippen LogP contribution in [0.5, 0.6) is 5.88 Å². The van der Waals surface area contributed by atoms with E-state index in [0.717, 1.165) is 22.8 Å². The van der Waals surface area contributed by atoms with Gasteiger partial charge in [0.1, 0.15) is 0 Å². The number of hydrogen-bond acceptors (Lipinski definition) is 3. The lowest BCUT2D eigenvalue weighted by Crippen LogP contribution is -1.94. The van der Waals surface area contributed by atoms with Gasteiger partial charge in [0.15, 0.2) is 6.29 Å². The second-order valence-electron chi connectivity index (χ2n) is 3.40. The minimum absolute atomic E-state index is 0.378. The summed E-state index contributed by atoms with van der Waals surface area (Å²) in [7, 11) is 1.51. The third-order valence-electron chi connectivity index (χ3n) is 2.29. The minimum atomic E-state index is 0.378. The highest BCUT2D eigenvalue weighted by molar-refractivity contribution is 5.88. The second-order valence-corrected chi connectivity index (χ2v) is 3.40. The summed E-state index contributed by atoms with van der Waals surface area (Å²) in [6.45, 7) is 2.00. The molecule has 0 aliphatic carbocycles. The average Bonchev–Trinajstić information content (AvgIpc) is 2.27. The van der Waals surface area contributed by atoms with Crippen molar-refractivity contribution in [3.8, 4) is 5.88 Å². The standard InChI is InChI=1S/C12H11NO2/c1-8-3-4-9-6-10(7-14)12(15-2)13-11(9)5-8/h3-7H,1-2H3. The molecule has 2 aromatic rings. The van der Waals surface area contributed by atoms with E-state index in [1.54, 1.807) is 6.07 Å². The number of fused-ring (bicyclic) bond motifs is 1. The van der Waals surface area contributed by atoms with E-state index in [9.17, 15) is 4.79 Å². The highest BCUT2D eigenvalue weighted by Gasteiger charge is 2.06. The number of methoxy groups -OCH3 is 1. The van der Waals surface area contributed by atoms with Crippen LogP contribution in [-0.2, 0) is 0 Å². The number of pyridine rings is 1. The fourth-order valence-electron chi connectivity index (χ4n) is 1.52. The summed E-state index contributed by atoms with van der Waals surface area (Å²) >= 11 is 0. The van der Waals surface area contributed by atoms with Crippen LogP contribution in [0.3, 0.4) is 0 Å². The molecule has 0 spiro atoms. The summed E-state index contributed by atoms with van der Waals surface area (Å²) in [6.07, 6.45) is 0.755. The van der Waals surface area contributed by atoms with Crippen LogP contribution in [-0.4, -0.2) is 18.4 Å². The van der Waals surface area contributed by atoms with Crippen molar-refractivity contribution in [2.24, 2.45) is 0 Å². The first kappa shape index (κ1) is 9.65. The molecule has 15 heavy (non-hydrogen) atoms. The van der Waals surface area contributed by atoms with Crippen molar-refractivity contribution >= 4 is 17.2 Å². The maximum Gasteiger partial charge on any atom is 0.224 e. The van der Waals surface area contributed by atoms with Gasteiger partial charge in [0, 0.05) is 5.39 Å². The number of aldehydes is 1. The van der Waals surface area contributed by atoms with Gasteiger partial charge < -0.3 is 4.74 Å². The molecule has 76 valence electrons. The van der Waals surface area contributed by atoms with Gasteiger partial charge in [-0.1, -0.05) is 12.1 Å². The average molecular weight is 201 g/mol. The van der Waals surface area contributed by atoms with Crippen LogP contribution in [0.4, 0.5) is 0 Å². The molecule has 0 unspecified atom stereocenters. The molecule has 1 heterocycles. The van der Waals surface area contributed by atoms with E-state index >= 15 is 0 Å². The van der Waals surface area contributed by atoms with E-state index in [-0.39, 0.29) is 0 Å². The predicted molar refractivity (Wildman–Crippen MR) is 58.4 cm³/mol. The Bertz CT molecular complexity index is 520. The van der Waals surface area contributed by atoms with Crippen LogP contribution in [0.15, 0.2) is 24.3 Å². The molecule has 0 fully saturated rings. The van der Waals surface area contributed by atoms with Gasteiger partial charge in [-0.2, -0.15) is 0 Å².